The molecule has 0 radical (unpaired) electrons. The van der Waals surface area contributed by atoms with Gasteiger partial charge < -0.3 is 9.13 Å². The molecule has 0 saturated heterocycles. The van der Waals surface area contributed by atoms with Crippen molar-refractivity contribution in [2.24, 2.45) is 0 Å². The van der Waals surface area contributed by atoms with Crippen molar-refractivity contribution in [2.45, 2.75) is 26.9 Å². The first kappa shape index (κ1) is 27.9. The maximum Gasteiger partial charge on any atom is 0.0491 e. The summed E-state index contributed by atoms with van der Waals surface area (Å²) in [6.45, 7) is 6.36. The number of rotatable bonds is 7. The highest BCUT2D eigenvalue weighted by atomic mass is 15.0. The summed E-state index contributed by atoms with van der Waals surface area (Å²) in [5.74, 6) is 0. The fourth-order valence-corrected chi connectivity index (χ4v) is 6.99. The predicted octanol–water partition coefficient (Wildman–Crippen LogP) is 11.9. The molecule has 0 fully saturated rings. The second kappa shape index (κ2) is 11.7. The molecule has 0 N–H and O–H groups in total. The van der Waals surface area contributed by atoms with Crippen LogP contribution >= 0.6 is 0 Å². The van der Waals surface area contributed by atoms with Crippen LogP contribution in [0.5, 0.6) is 0 Å². The van der Waals surface area contributed by atoms with Gasteiger partial charge in [-0.3, -0.25) is 0 Å². The topological polar surface area (TPSA) is 9.86 Å². The molecule has 8 aromatic rings. The highest BCUT2D eigenvalue weighted by molar-refractivity contribution is 6.09. The molecule has 2 heterocycles. The number of aromatic nitrogens is 2. The molecule has 0 atom stereocenters. The Morgan fingerprint density at radius 3 is 1.13 bits per heavy atom. The summed E-state index contributed by atoms with van der Waals surface area (Å²) in [7, 11) is 0. The third-order valence-corrected chi connectivity index (χ3v) is 9.32. The highest BCUT2D eigenvalue weighted by Gasteiger charge is 2.10. The highest BCUT2D eigenvalue weighted by Crippen LogP contribution is 2.32. The number of para-hydroxylation sites is 2. The zero-order chi connectivity index (χ0) is 31.0. The number of hydrogen-bond donors (Lipinski definition) is 0. The van der Waals surface area contributed by atoms with E-state index in [1.54, 1.807) is 0 Å². The van der Waals surface area contributed by atoms with E-state index in [-0.39, 0.29) is 0 Å². The van der Waals surface area contributed by atoms with Crippen LogP contribution in [0.25, 0.3) is 79.0 Å². The van der Waals surface area contributed by atoms with Gasteiger partial charge in [-0.05, 0) is 83.6 Å². The van der Waals surface area contributed by atoms with Gasteiger partial charge in [0.25, 0.3) is 0 Å². The lowest BCUT2D eigenvalue weighted by Gasteiger charge is -2.04. The summed E-state index contributed by atoms with van der Waals surface area (Å²) in [5, 5.41) is 5.26. The van der Waals surface area contributed by atoms with E-state index in [0.29, 0.717) is 0 Å². The zero-order valence-corrected chi connectivity index (χ0v) is 26.3. The van der Waals surface area contributed by atoms with Crippen LogP contribution in [0.2, 0.25) is 0 Å². The van der Waals surface area contributed by atoms with Crippen molar-refractivity contribution in [3.05, 3.63) is 156 Å². The van der Waals surface area contributed by atoms with Crippen molar-refractivity contribution >= 4 is 67.9 Å². The summed E-state index contributed by atoms with van der Waals surface area (Å²) >= 11 is 0. The number of fused-ring (bicyclic) bond motifs is 6. The minimum atomic E-state index is 0.966. The lowest BCUT2D eigenvalue weighted by Crippen LogP contribution is -1.92. The first-order chi connectivity index (χ1) is 22.7. The fraction of sp³-hybridized carbons (Fsp3) is 0.0909. The first-order valence-electron chi connectivity index (χ1n) is 16.3. The van der Waals surface area contributed by atoms with Crippen LogP contribution in [0.3, 0.4) is 0 Å². The number of benzene rings is 6. The summed E-state index contributed by atoms with van der Waals surface area (Å²) in [6.07, 6.45) is 8.84. The van der Waals surface area contributed by atoms with Crippen molar-refractivity contribution in [3.8, 4) is 11.1 Å². The van der Waals surface area contributed by atoms with Crippen molar-refractivity contribution < 1.29 is 0 Å². The Bertz CT molecular complexity index is 2240. The van der Waals surface area contributed by atoms with E-state index in [1.165, 1.54) is 77.0 Å². The summed E-state index contributed by atoms with van der Waals surface area (Å²) in [5.41, 5.74) is 12.5. The molecule has 0 aliphatic rings. The Hall–Kier alpha value is -5.60. The van der Waals surface area contributed by atoms with Crippen LogP contribution in [0.4, 0.5) is 0 Å². The van der Waals surface area contributed by atoms with Crippen molar-refractivity contribution in [1.82, 2.24) is 9.13 Å². The van der Waals surface area contributed by atoms with Gasteiger partial charge in [-0.1, -0.05) is 121 Å². The van der Waals surface area contributed by atoms with Crippen LogP contribution in [0, 0.1) is 0 Å². The average Bonchev–Trinajstić information content (AvgIpc) is 3.61. The Labute approximate surface area is 270 Å². The van der Waals surface area contributed by atoms with Crippen LogP contribution in [-0.2, 0) is 13.1 Å². The first-order valence-corrected chi connectivity index (χ1v) is 16.3. The molecule has 6 aromatic carbocycles. The van der Waals surface area contributed by atoms with Gasteiger partial charge >= 0.3 is 0 Å². The summed E-state index contributed by atoms with van der Waals surface area (Å²) < 4.78 is 4.79. The molecule has 0 unspecified atom stereocenters. The third kappa shape index (κ3) is 4.93. The number of nitrogens with zero attached hydrogens (tertiary/aromatic N) is 2. The largest absolute Gasteiger partial charge is 0.341 e. The number of aryl methyl sites for hydroxylation is 2. The van der Waals surface area contributed by atoms with Crippen LogP contribution in [-0.4, -0.2) is 9.13 Å². The Morgan fingerprint density at radius 1 is 0.370 bits per heavy atom. The predicted molar refractivity (Wildman–Crippen MR) is 200 cm³/mol. The van der Waals surface area contributed by atoms with Gasteiger partial charge in [0, 0.05) is 56.7 Å². The monoisotopic (exact) mass is 592 g/mol. The van der Waals surface area contributed by atoms with E-state index in [9.17, 15) is 0 Å². The summed E-state index contributed by atoms with van der Waals surface area (Å²) in [6, 6.07) is 48.6. The van der Waals surface area contributed by atoms with Crippen LogP contribution < -0.4 is 0 Å². The Morgan fingerprint density at radius 2 is 0.717 bits per heavy atom. The second-order valence-corrected chi connectivity index (χ2v) is 12.0. The van der Waals surface area contributed by atoms with Crippen LogP contribution in [0.1, 0.15) is 36.1 Å². The van der Waals surface area contributed by atoms with E-state index in [4.69, 9.17) is 0 Å². The smallest absolute Gasteiger partial charge is 0.0491 e. The molecule has 222 valence electrons. The molecule has 0 amide bonds. The van der Waals surface area contributed by atoms with Crippen LogP contribution in [0.15, 0.2) is 133 Å². The van der Waals surface area contributed by atoms with Gasteiger partial charge in [-0.15, -0.1) is 0 Å². The maximum absolute atomic E-state index is 2.40. The molecule has 0 aliphatic carbocycles. The molecule has 46 heavy (non-hydrogen) atoms. The minimum Gasteiger partial charge on any atom is -0.341 e. The molecule has 2 aromatic heterocycles. The van der Waals surface area contributed by atoms with Crippen molar-refractivity contribution in [3.63, 3.8) is 0 Å². The standard InChI is InChI=1S/C44H36N2/c1-3-45-41-11-7-5-9-37(41)39-29-33(21-27-43(39)45)15-13-31-17-23-35(24-18-31)36-25-19-32(20-26-36)14-16-34-22-28-44-40(30-34)38-10-6-8-12-42(38)46(44)4-2/h5-30H,3-4H2,1-2H3/b15-13-,16-14+. The normalized spacial score (nSPS) is 12.1. The molecule has 0 spiro atoms. The van der Waals surface area contributed by atoms with Crippen molar-refractivity contribution in [2.75, 3.05) is 0 Å². The Kier molecular flexibility index (Phi) is 7.11. The molecule has 2 nitrogen and oxygen atoms in total. The van der Waals surface area contributed by atoms with Gasteiger partial charge in [0.2, 0.25) is 0 Å². The van der Waals surface area contributed by atoms with Crippen molar-refractivity contribution in [1.29, 1.82) is 0 Å². The van der Waals surface area contributed by atoms with E-state index >= 15 is 0 Å². The zero-order valence-electron chi connectivity index (χ0n) is 26.3. The molecule has 0 aliphatic heterocycles. The molecule has 2 heteroatoms. The third-order valence-electron chi connectivity index (χ3n) is 9.32. The van der Waals surface area contributed by atoms with Gasteiger partial charge in [0.15, 0.2) is 0 Å². The minimum absolute atomic E-state index is 0.966. The molecule has 0 bridgehead atoms. The average molecular weight is 593 g/mol. The van der Waals surface area contributed by atoms with Gasteiger partial charge in [-0.2, -0.15) is 0 Å². The van der Waals surface area contributed by atoms with Gasteiger partial charge in [0.1, 0.15) is 0 Å². The lowest BCUT2D eigenvalue weighted by atomic mass is 10.0. The maximum atomic E-state index is 2.40. The fourth-order valence-electron chi connectivity index (χ4n) is 6.99. The molecule has 8 rings (SSSR count). The Balaban J connectivity index is 0.979. The lowest BCUT2D eigenvalue weighted by molar-refractivity contribution is 0.827. The van der Waals surface area contributed by atoms with E-state index in [1.807, 2.05) is 0 Å². The molecular formula is C44H36N2. The summed E-state index contributed by atoms with van der Waals surface area (Å²) in [4.78, 5) is 0. The number of hydrogen-bond acceptors (Lipinski definition) is 0. The van der Waals surface area contributed by atoms with Gasteiger partial charge in [0.05, 0.1) is 0 Å². The van der Waals surface area contributed by atoms with E-state index in [0.717, 1.165) is 13.1 Å². The molecule has 0 saturated carbocycles. The quantitative estimate of drug-likeness (QED) is 0.163. The molecular weight excluding hydrogens is 556 g/mol. The van der Waals surface area contributed by atoms with E-state index in [2.05, 4.69) is 181 Å². The second-order valence-electron chi connectivity index (χ2n) is 12.0. The SMILES string of the molecule is CCn1c2ccccc2c2cc(/C=C\c3ccc(-c4ccc(/C=C/c5ccc6c(c5)c5ccccc5n6CC)cc4)cc3)ccc21. The van der Waals surface area contributed by atoms with E-state index < -0.39 is 0 Å². The van der Waals surface area contributed by atoms with Gasteiger partial charge in [-0.25, -0.2) is 0 Å².